The molecule has 0 spiro atoms. The van der Waals surface area contributed by atoms with E-state index in [2.05, 4.69) is 69.4 Å². The Bertz CT molecular complexity index is 1280. The van der Waals surface area contributed by atoms with Crippen LogP contribution in [0, 0.1) is 0 Å². The molecule has 6 nitrogen and oxygen atoms in total. The molecule has 432 valence electrons. The molecular formula is C68H124O6. The number of carbonyl (C=O) groups excluding carboxylic acids is 3. The average Bonchev–Trinajstić information content (AvgIpc) is 3.40. The molecule has 1 unspecified atom stereocenters. The minimum absolute atomic E-state index is 0.0760. The van der Waals surface area contributed by atoms with Crippen LogP contribution in [-0.2, 0) is 28.6 Å². The van der Waals surface area contributed by atoms with Crippen LogP contribution in [0.5, 0.6) is 0 Å². The third-order valence-electron chi connectivity index (χ3n) is 14.6. The fourth-order valence-corrected chi connectivity index (χ4v) is 9.69. The monoisotopic (exact) mass is 1040 g/mol. The summed E-state index contributed by atoms with van der Waals surface area (Å²) < 4.78 is 16.9. The second-order valence-electron chi connectivity index (χ2n) is 22.0. The lowest BCUT2D eigenvalue weighted by Crippen LogP contribution is -2.30. The van der Waals surface area contributed by atoms with Gasteiger partial charge in [0.25, 0.3) is 0 Å². The molecule has 6 heteroatoms. The van der Waals surface area contributed by atoms with Crippen LogP contribution >= 0.6 is 0 Å². The molecule has 0 rings (SSSR count). The Labute approximate surface area is 460 Å². The topological polar surface area (TPSA) is 78.9 Å². The van der Waals surface area contributed by atoms with E-state index in [0.29, 0.717) is 19.3 Å². The molecule has 0 heterocycles. The minimum atomic E-state index is -0.778. The molecule has 0 N–H and O–H groups in total. The highest BCUT2D eigenvalue weighted by Crippen LogP contribution is 2.18. The van der Waals surface area contributed by atoms with Crippen LogP contribution in [0.1, 0.15) is 348 Å². The molecule has 0 aromatic rings. The zero-order valence-corrected chi connectivity index (χ0v) is 49.6. The molecule has 0 amide bonds. The number of rotatable bonds is 60. The van der Waals surface area contributed by atoms with E-state index in [1.54, 1.807) is 0 Å². The zero-order valence-electron chi connectivity index (χ0n) is 49.6. The molecule has 0 aromatic carbocycles. The van der Waals surface area contributed by atoms with E-state index in [1.807, 2.05) is 0 Å². The van der Waals surface area contributed by atoms with Crippen molar-refractivity contribution in [2.75, 3.05) is 13.2 Å². The summed E-state index contributed by atoms with van der Waals surface area (Å²) in [5.74, 6) is -0.877. The van der Waals surface area contributed by atoms with Gasteiger partial charge in [-0.1, -0.05) is 301 Å². The van der Waals surface area contributed by atoms with Crippen molar-refractivity contribution in [2.24, 2.45) is 0 Å². The van der Waals surface area contributed by atoms with Crippen LogP contribution in [0.25, 0.3) is 0 Å². The first-order valence-electron chi connectivity index (χ1n) is 32.6. The maximum atomic E-state index is 12.8. The summed E-state index contributed by atoms with van der Waals surface area (Å²) in [5.41, 5.74) is 0. The van der Waals surface area contributed by atoms with Gasteiger partial charge in [-0.3, -0.25) is 14.4 Å². The Balaban J connectivity index is 4.07. The first-order valence-corrected chi connectivity index (χ1v) is 32.6. The number of ether oxygens (including phenoxy) is 3. The Hall–Kier alpha value is -2.63. The van der Waals surface area contributed by atoms with Crippen LogP contribution in [0.15, 0.2) is 48.6 Å². The van der Waals surface area contributed by atoms with Crippen molar-refractivity contribution in [1.82, 2.24) is 0 Å². The number of esters is 3. The number of hydrogen-bond acceptors (Lipinski definition) is 6. The van der Waals surface area contributed by atoms with Gasteiger partial charge in [-0.2, -0.15) is 0 Å². The van der Waals surface area contributed by atoms with Crippen molar-refractivity contribution >= 4 is 17.9 Å². The van der Waals surface area contributed by atoms with Crippen LogP contribution in [0.4, 0.5) is 0 Å². The van der Waals surface area contributed by atoms with Crippen LogP contribution < -0.4 is 0 Å². The molecule has 0 fully saturated rings. The first-order chi connectivity index (χ1) is 36.5. The zero-order chi connectivity index (χ0) is 53.6. The smallest absolute Gasteiger partial charge is 0.306 e. The van der Waals surface area contributed by atoms with Crippen LogP contribution in [-0.4, -0.2) is 37.2 Å². The Morgan fingerprint density at radius 1 is 0.284 bits per heavy atom. The van der Waals surface area contributed by atoms with Gasteiger partial charge in [-0.05, 0) is 77.0 Å². The normalized spacial score (nSPS) is 12.3. The lowest BCUT2D eigenvalue weighted by molar-refractivity contribution is -0.167. The van der Waals surface area contributed by atoms with Crippen molar-refractivity contribution in [3.05, 3.63) is 48.6 Å². The Kier molecular flexibility index (Phi) is 60.7. The predicted molar refractivity (Wildman–Crippen MR) is 321 cm³/mol. The molecule has 74 heavy (non-hydrogen) atoms. The van der Waals surface area contributed by atoms with E-state index in [4.69, 9.17) is 14.2 Å². The van der Waals surface area contributed by atoms with Crippen molar-refractivity contribution in [3.63, 3.8) is 0 Å². The summed E-state index contributed by atoms with van der Waals surface area (Å²) in [6, 6.07) is 0. The number of allylic oxidation sites excluding steroid dienone is 8. The fourth-order valence-electron chi connectivity index (χ4n) is 9.69. The van der Waals surface area contributed by atoms with E-state index in [0.717, 1.165) is 96.3 Å². The molecule has 0 aliphatic heterocycles. The fraction of sp³-hybridized carbons (Fsp3) is 0.838. The Morgan fingerprint density at radius 2 is 0.527 bits per heavy atom. The van der Waals surface area contributed by atoms with E-state index >= 15 is 0 Å². The molecule has 0 aliphatic carbocycles. The van der Waals surface area contributed by atoms with E-state index in [9.17, 15) is 14.4 Å². The molecular weight excluding hydrogens is 913 g/mol. The SMILES string of the molecule is CC/C=C\C/C=C\C/C=C\CCCCCCCC(=O)OC(COC(=O)CCCCCCCCCCCC)COC(=O)CCCCCCCCCCCCCCCCCCCCC/C=C\CCCCCCCCCC. The Morgan fingerprint density at radius 3 is 0.838 bits per heavy atom. The lowest BCUT2D eigenvalue weighted by Gasteiger charge is -2.18. The van der Waals surface area contributed by atoms with Gasteiger partial charge >= 0.3 is 17.9 Å². The summed E-state index contributed by atoms with van der Waals surface area (Å²) in [5, 5.41) is 0. The number of hydrogen-bond donors (Lipinski definition) is 0. The van der Waals surface area contributed by atoms with Gasteiger partial charge in [0.15, 0.2) is 6.10 Å². The number of unbranched alkanes of at least 4 members (excludes halogenated alkanes) is 41. The molecule has 0 radical (unpaired) electrons. The van der Waals surface area contributed by atoms with Gasteiger partial charge in [0, 0.05) is 19.3 Å². The maximum Gasteiger partial charge on any atom is 0.306 e. The van der Waals surface area contributed by atoms with Gasteiger partial charge in [0.2, 0.25) is 0 Å². The summed E-state index contributed by atoms with van der Waals surface area (Å²) in [4.78, 5) is 38.1. The highest BCUT2D eigenvalue weighted by Gasteiger charge is 2.19. The van der Waals surface area contributed by atoms with Gasteiger partial charge < -0.3 is 14.2 Å². The lowest BCUT2D eigenvalue weighted by atomic mass is 10.0. The van der Waals surface area contributed by atoms with Crippen LogP contribution in [0.2, 0.25) is 0 Å². The second kappa shape index (κ2) is 62.9. The van der Waals surface area contributed by atoms with Crippen molar-refractivity contribution < 1.29 is 28.6 Å². The van der Waals surface area contributed by atoms with Crippen LogP contribution in [0.3, 0.4) is 0 Å². The van der Waals surface area contributed by atoms with E-state index in [-0.39, 0.29) is 31.1 Å². The van der Waals surface area contributed by atoms with E-state index in [1.165, 1.54) is 212 Å². The van der Waals surface area contributed by atoms with Gasteiger partial charge in [0.05, 0.1) is 0 Å². The summed E-state index contributed by atoms with van der Waals surface area (Å²) in [7, 11) is 0. The highest BCUT2D eigenvalue weighted by molar-refractivity contribution is 5.71. The molecule has 0 aliphatic rings. The standard InChI is InChI=1S/C68H124O6/c1-4-7-10-13-16-19-22-24-26-27-28-29-30-31-32-33-34-35-36-37-38-39-40-41-43-44-46-49-52-55-58-61-67(70)73-64-65(63-72-66(69)60-57-54-51-48-21-18-15-12-9-6-3)74-68(71)62-59-56-53-50-47-45-42-25-23-20-17-14-11-8-5-2/h8,11,17,20,25,27-28,42,65H,4-7,9-10,12-16,18-19,21-24,26,29-41,43-64H2,1-3H3/b11-8-,20-17-,28-27-,42-25-. The molecule has 1 atom stereocenters. The third kappa shape index (κ3) is 60.2. The second-order valence-corrected chi connectivity index (χ2v) is 22.0. The summed E-state index contributed by atoms with van der Waals surface area (Å²) >= 11 is 0. The van der Waals surface area contributed by atoms with Gasteiger partial charge in [0.1, 0.15) is 13.2 Å². The molecule has 0 saturated carbocycles. The van der Waals surface area contributed by atoms with Crippen molar-refractivity contribution in [1.29, 1.82) is 0 Å². The van der Waals surface area contributed by atoms with Gasteiger partial charge in [-0.15, -0.1) is 0 Å². The van der Waals surface area contributed by atoms with Gasteiger partial charge in [-0.25, -0.2) is 0 Å². The predicted octanol–water partition coefficient (Wildman–Crippen LogP) is 22.2. The number of carbonyl (C=O) groups is 3. The quantitative estimate of drug-likeness (QED) is 0.0261. The molecule has 0 bridgehead atoms. The summed E-state index contributed by atoms with van der Waals surface area (Å²) in [6.45, 7) is 6.54. The third-order valence-corrected chi connectivity index (χ3v) is 14.6. The molecule has 0 saturated heterocycles. The molecule has 0 aromatic heterocycles. The minimum Gasteiger partial charge on any atom is -0.462 e. The highest BCUT2D eigenvalue weighted by atomic mass is 16.6. The summed E-state index contributed by atoms with van der Waals surface area (Å²) in [6.07, 6.45) is 78.7. The average molecular weight is 1040 g/mol. The van der Waals surface area contributed by atoms with E-state index < -0.39 is 6.10 Å². The largest absolute Gasteiger partial charge is 0.462 e. The van der Waals surface area contributed by atoms with Crippen molar-refractivity contribution in [3.8, 4) is 0 Å². The first kappa shape index (κ1) is 71.4. The van der Waals surface area contributed by atoms with Crippen molar-refractivity contribution in [2.45, 2.75) is 354 Å². The maximum absolute atomic E-state index is 12.8.